The highest BCUT2D eigenvalue weighted by molar-refractivity contribution is 7.89. The summed E-state index contributed by atoms with van der Waals surface area (Å²) in [6, 6.07) is 4.98. The summed E-state index contributed by atoms with van der Waals surface area (Å²) >= 11 is 6.11. The fourth-order valence-electron chi connectivity index (χ4n) is 2.68. The maximum Gasteiger partial charge on any atom is 0.244 e. The largest absolute Gasteiger partial charge is 0.326 e. The first-order valence-corrected chi connectivity index (χ1v) is 8.75. The van der Waals surface area contributed by atoms with E-state index in [0.717, 1.165) is 31.2 Å². The fourth-order valence-corrected chi connectivity index (χ4v) is 4.63. The molecule has 1 fully saturated rings. The molecule has 1 aromatic carbocycles. The van der Waals surface area contributed by atoms with E-state index in [4.69, 9.17) is 17.3 Å². The molecule has 0 heterocycles. The average Bonchev–Trinajstić information content (AvgIpc) is 2.46. The molecule has 2 N–H and O–H groups in total. The van der Waals surface area contributed by atoms with Crippen molar-refractivity contribution in [1.82, 2.24) is 4.31 Å². The van der Waals surface area contributed by atoms with E-state index in [0.29, 0.717) is 6.54 Å². The van der Waals surface area contributed by atoms with Gasteiger partial charge in [0, 0.05) is 19.6 Å². The zero-order valence-corrected chi connectivity index (χ0v) is 13.3. The third kappa shape index (κ3) is 3.17. The summed E-state index contributed by atoms with van der Waals surface area (Å²) in [5.41, 5.74) is 6.36. The van der Waals surface area contributed by atoms with Crippen LogP contribution in [0.1, 0.15) is 37.7 Å². The predicted octanol–water partition coefficient (Wildman–Crippen LogP) is 2.75. The highest BCUT2D eigenvalue weighted by Gasteiger charge is 2.30. The number of sulfonamides is 1. The zero-order chi connectivity index (χ0) is 14.8. The molecule has 0 aliphatic heterocycles. The summed E-state index contributed by atoms with van der Waals surface area (Å²) in [6.45, 7) is 0.346. The number of benzene rings is 1. The lowest BCUT2D eigenvalue weighted by Crippen LogP contribution is -2.38. The van der Waals surface area contributed by atoms with Gasteiger partial charge < -0.3 is 5.73 Å². The summed E-state index contributed by atoms with van der Waals surface area (Å²) < 4.78 is 26.8. The molecule has 0 bridgehead atoms. The molecule has 0 aromatic heterocycles. The lowest BCUT2D eigenvalue weighted by atomic mass is 9.96. The molecule has 0 saturated heterocycles. The van der Waals surface area contributed by atoms with E-state index in [1.807, 2.05) is 0 Å². The number of nitrogens with two attached hydrogens (primary N) is 1. The molecule has 1 aliphatic rings. The molecule has 0 atom stereocenters. The van der Waals surface area contributed by atoms with Gasteiger partial charge in [-0.2, -0.15) is 4.31 Å². The summed E-state index contributed by atoms with van der Waals surface area (Å²) in [4.78, 5) is 0.171. The third-order valence-corrected chi connectivity index (χ3v) is 6.37. The van der Waals surface area contributed by atoms with Crippen LogP contribution in [0.3, 0.4) is 0 Å². The van der Waals surface area contributed by atoms with Gasteiger partial charge in [0.15, 0.2) is 0 Å². The van der Waals surface area contributed by atoms with Gasteiger partial charge in [-0.25, -0.2) is 8.42 Å². The van der Waals surface area contributed by atoms with Crippen LogP contribution < -0.4 is 5.73 Å². The first kappa shape index (κ1) is 15.8. The molecule has 1 aromatic rings. The maximum atomic E-state index is 12.7. The van der Waals surface area contributed by atoms with Gasteiger partial charge in [0.25, 0.3) is 0 Å². The number of halogens is 1. The van der Waals surface area contributed by atoms with Crippen molar-refractivity contribution in [3.05, 3.63) is 28.8 Å². The van der Waals surface area contributed by atoms with E-state index in [1.165, 1.54) is 10.7 Å². The Morgan fingerprint density at radius 3 is 2.50 bits per heavy atom. The zero-order valence-electron chi connectivity index (χ0n) is 11.7. The summed E-state index contributed by atoms with van der Waals surface area (Å²) in [5, 5.41) is 0.246. The van der Waals surface area contributed by atoms with Gasteiger partial charge in [-0.1, -0.05) is 36.9 Å². The molecule has 1 aliphatic carbocycles. The van der Waals surface area contributed by atoms with E-state index in [-0.39, 0.29) is 16.0 Å². The van der Waals surface area contributed by atoms with Crippen LogP contribution in [0.2, 0.25) is 5.02 Å². The van der Waals surface area contributed by atoms with E-state index < -0.39 is 10.0 Å². The second-order valence-corrected chi connectivity index (χ2v) is 7.66. The van der Waals surface area contributed by atoms with Gasteiger partial charge in [0.2, 0.25) is 10.0 Å². The van der Waals surface area contributed by atoms with Crippen LogP contribution in [0.25, 0.3) is 0 Å². The van der Waals surface area contributed by atoms with Crippen LogP contribution in [0, 0.1) is 0 Å². The Bertz CT molecular complexity index is 569. The SMILES string of the molecule is CN(C1CCCCC1)S(=O)(=O)c1ccc(CN)cc1Cl. The molecule has 0 unspecified atom stereocenters. The second kappa shape index (κ2) is 6.43. The van der Waals surface area contributed by atoms with Crippen molar-refractivity contribution < 1.29 is 8.42 Å². The minimum Gasteiger partial charge on any atom is -0.326 e. The Morgan fingerprint density at radius 1 is 1.30 bits per heavy atom. The number of nitrogens with zero attached hydrogens (tertiary/aromatic N) is 1. The number of hydrogen-bond acceptors (Lipinski definition) is 3. The van der Waals surface area contributed by atoms with Gasteiger partial charge in [-0.05, 0) is 30.5 Å². The molecule has 0 spiro atoms. The Kier molecular flexibility index (Phi) is 5.07. The Morgan fingerprint density at radius 2 is 1.95 bits per heavy atom. The van der Waals surface area contributed by atoms with Crippen molar-refractivity contribution in [2.24, 2.45) is 5.73 Å². The van der Waals surface area contributed by atoms with Gasteiger partial charge >= 0.3 is 0 Å². The van der Waals surface area contributed by atoms with Crippen LogP contribution in [0.4, 0.5) is 0 Å². The van der Waals surface area contributed by atoms with Crippen molar-refractivity contribution in [2.75, 3.05) is 7.05 Å². The fraction of sp³-hybridized carbons (Fsp3) is 0.571. The molecule has 0 amide bonds. The van der Waals surface area contributed by atoms with Crippen molar-refractivity contribution in [2.45, 2.75) is 49.6 Å². The number of rotatable bonds is 4. The molecule has 1 saturated carbocycles. The molecule has 112 valence electrons. The van der Waals surface area contributed by atoms with Gasteiger partial charge in [0.1, 0.15) is 4.90 Å². The minimum absolute atomic E-state index is 0.0824. The molecule has 4 nitrogen and oxygen atoms in total. The molecule has 0 radical (unpaired) electrons. The van der Waals surface area contributed by atoms with Gasteiger partial charge in [-0.3, -0.25) is 0 Å². The monoisotopic (exact) mass is 316 g/mol. The lowest BCUT2D eigenvalue weighted by molar-refractivity contribution is 0.286. The van der Waals surface area contributed by atoms with Crippen LogP contribution in [-0.2, 0) is 16.6 Å². The Hall–Kier alpha value is -0.620. The lowest BCUT2D eigenvalue weighted by Gasteiger charge is -2.30. The minimum atomic E-state index is -3.53. The van der Waals surface area contributed by atoms with Crippen LogP contribution >= 0.6 is 11.6 Å². The second-order valence-electron chi connectivity index (χ2n) is 5.28. The van der Waals surface area contributed by atoms with E-state index in [1.54, 1.807) is 25.2 Å². The van der Waals surface area contributed by atoms with Gasteiger partial charge in [-0.15, -0.1) is 0 Å². The first-order chi connectivity index (χ1) is 9.46. The average molecular weight is 317 g/mol. The molecule has 2 rings (SSSR count). The van der Waals surface area contributed by atoms with Crippen LogP contribution in [0.15, 0.2) is 23.1 Å². The Balaban J connectivity index is 2.29. The molecule has 6 heteroatoms. The maximum absolute atomic E-state index is 12.7. The van der Waals surface area contributed by atoms with Crippen LogP contribution in [-0.4, -0.2) is 25.8 Å². The predicted molar refractivity (Wildman–Crippen MR) is 81.2 cm³/mol. The summed E-state index contributed by atoms with van der Waals surface area (Å²) in [5.74, 6) is 0. The standard InChI is InChI=1S/C14H21ClN2O2S/c1-17(12-5-3-2-4-6-12)20(18,19)14-8-7-11(10-16)9-13(14)15/h7-9,12H,2-6,10,16H2,1H3. The third-order valence-electron chi connectivity index (χ3n) is 3.98. The molecular formula is C14H21ClN2O2S. The molecule has 20 heavy (non-hydrogen) atoms. The van der Waals surface area contributed by atoms with Crippen molar-refractivity contribution >= 4 is 21.6 Å². The van der Waals surface area contributed by atoms with Crippen molar-refractivity contribution in [3.63, 3.8) is 0 Å². The normalized spacial score (nSPS) is 17.6. The van der Waals surface area contributed by atoms with Gasteiger partial charge in [0.05, 0.1) is 5.02 Å². The topological polar surface area (TPSA) is 63.4 Å². The van der Waals surface area contributed by atoms with Crippen molar-refractivity contribution in [1.29, 1.82) is 0 Å². The van der Waals surface area contributed by atoms with E-state index in [9.17, 15) is 8.42 Å². The highest BCUT2D eigenvalue weighted by atomic mass is 35.5. The van der Waals surface area contributed by atoms with E-state index >= 15 is 0 Å². The van der Waals surface area contributed by atoms with E-state index in [2.05, 4.69) is 0 Å². The van der Waals surface area contributed by atoms with Crippen LogP contribution in [0.5, 0.6) is 0 Å². The Labute approximate surface area is 126 Å². The smallest absolute Gasteiger partial charge is 0.244 e. The first-order valence-electron chi connectivity index (χ1n) is 6.93. The summed E-state index contributed by atoms with van der Waals surface area (Å²) in [6.07, 6.45) is 5.22. The quantitative estimate of drug-likeness (QED) is 0.929. The summed E-state index contributed by atoms with van der Waals surface area (Å²) in [7, 11) is -1.88. The molecular weight excluding hydrogens is 296 g/mol. The number of hydrogen-bond donors (Lipinski definition) is 1. The highest BCUT2D eigenvalue weighted by Crippen LogP contribution is 2.30. The van der Waals surface area contributed by atoms with Crippen molar-refractivity contribution in [3.8, 4) is 0 Å².